The van der Waals surface area contributed by atoms with Crippen LogP contribution in [0.3, 0.4) is 0 Å². The quantitative estimate of drug-likeness (QED) is 0.137. The van der Waals surface area contributed by atoms with Gasteiger partial charge in [0.25, 0.3) is 0 Å². The first kappa shape index (κ1) is 67.9. The van der Waals surface area contributed by atoms with Crippen LogP contribution in [0.25, 0.3) is 231 Å². The second-order valence-corrected chi connectivity index (χ2v) is 30.7. The monoisotopic (exact) mass is 1500 g/mol. The van der Waals surface area contributed by atoms with Gasteiger partial charge in [-0.05, 0) is 176 Å². The summed E-state index contributed by atoms with van der Waals surface area (Å²) in [5.41, 5.74) is 24.4. The zero-order chi connectivity index (χ0) is 77.7. The molecule has 0 aliphatic heterocycles. The van der Waals surface area contributed by atoms with Gasteiger partial charge in [-0.2, -0.15) is 0 Å². The molecule has 548 valence electrons. The molecule has 0 radical (unpaired) electrons. The van der Waals surface area contributed by atoms with Crippen LogP contribution in [-0.4, -0.2) is 29.1 Å². The fourth-order valence-electron chi connectivity index (χ4n) is 18.3. The van der Waals surface area contributed by atoms with Crippen LogP contribution in [0.4, 0.5) is 0 Å². The molecular formula is C112H70N6. The second kappa shape index (κ2) is 28.1. The third-order valence-electron chi connectivity index (χ3n) is 24.0. The highest BCUT2D eigenvalue weighted by molar-refractivity contribution is 6.30. The molecule has 0 fully saturated rings. The first-order valence-corrected chi connectivity index (χ1v) is 40.3. The minimum atomic E-state index is 0.714. The zero-order valence-corrected chi connectivity index (χ0v) is 64.1. The molecule has 0 spiro atoms. The molecule has 0 bridgehead atoms. The Kier molecular flexibility index (Phi) is 16.2. The highest BCUT2D eigenvalue weighted by Crippen LogP contribution is 2.46. The molecule has 6 nitrogen and oxygen atoms in total. The van der Waals surface area contributed by atoms with Gasteiger partial charge in [0.05, 0.1) is 44.5 Å². The third-order valence-corrected chi connectivity index (χ3v) is 24.0. The highest BCUT2D eigenvalue weighted by Gasteiger charge is 2.23. The molecule has 4 heterocycles. The van der Waals surface area contributed by atoms with E-state index in [1.807, 2.05) is 0 Å². The Hall–Kier alpha value is -15.8. The standard InChI is InChI=1S/2C56H35N3/c1-2-12-36(13-3-1)41-16-10-17-42(34-41)37-24-26-40(27-25-37)55-49-21-8-9-23-50(49)57-56(58-55)48-22-11-18-43-35-44(30-31-45(43)48)59-51-32-28-38-14-4-6-19-46(38)53(51)54-47-20-7-5-15-39(47)29-33-52(54)59;1-2-11-36(12-3-1)37-21-23-38(24-22-37)39-25-27-42(28-26-39)55-49-18-8-9-20-50(49)57-56(58-55)48-19-10-15-43-35-44(31-32-45(43)48)59-51-33-29-40-13-4-6-16-46(40)53(51)54-47-17-7-5-14-41(47)30-34-52(54)59/h2*1-35H. The van der Waals surface area contributed by atoms with Gasteiger partial charge in [-0.1, -0.05) is 358 Å². The number of para-hydroxylation sites is 2. The summed E-state index contributed by atoms with van der Waals surface area (Å²) >= 11 is 0. The van der Waals surface area contributed by atoms with Crippen molar-refractivity contribution in [1.82, 2.24) is 29.1 Å². The van der Waals surface area contributed by atoms with Crippen molar-refractivity contribution in [2.24, 2.45) is 0 Å². The summed E-state index contributed by atoms with van der Waals surface area (Å²) < 4.78 is 4.86. The highest BCUT2D eigenvalue weighted by atomic mass is 15.0. The summed E-state index contributed by atoms with van der Waals surface area (Å²) in [6.45, 7) is 0. The van der Waals surface area contributed by atoms with Crippen LogP contribution in [0.15, 0.2) is 425 Å². The Balaban J connectivity index is 0.000000138. The summed E-state index contributed by atoms with van der Waals surface area (Å²) in [5, 5.41) is 21.8. The van der Waals surface area contributed by atoms with Gasteiger partial charge >= 0.3 is 0 Å². The van der Waals surface area contributed by atoms with E-state index in [-0.39, 0.29) is 0 Å². The van der Waals surface area contributed by atoms with Crippen LogP contribution >= 0.6 is 0 Å². The van der Waals surface area contributed by atoms with E-state index < -0.39 is 0 Å². The van der Waals surface area contributed by atoms with Gasteiger partial charge in [0.15, 0.2) is 11.6 Å². The number of aromatic nitrogens is 6. The van der Waals surface area contributed by atoms with E-state index in [1.54, 1.807) is 0 Å². The molecule has 0 N–H and O–H groups in total. The predicted molar refractivity (Wildman–Crippen MR) is 496 cm³/mol. The summed E-state index contributed by atoms with van der Waals surface area (Å²) in [6, 6.07) is 152. The molecule has 0 aliphatic rings. The van der Waals surface area contributed by atoms with Gasteiger partial charge in [-0.3, -0.25) is 0 Å². The smallest absolute Gasteiger partial charge is 0.161 e. The van der Waals surface area contributed by atoms with Gasteiger partial charge in [-0.25, -0.2) is 19.9 Å². The predicted octanol–water partition coefficient (Wildman–Crippen LogP) is 29.7. The minimum absolute atomic E-state index is 0.714. The van der Waals surface area contributed by atoms with E-state index >= 15 is 0 Å². The van der Waals surface area contributed by atoms with Crippen molar-refractivity contribution in [2.45, 2.75) is 0 Å². The van der Waals surface area contributed by atoms with Gasteiger partial charge < -0.3 is 9.13 Å². The van der Waals surface area contributed by atoms with Crippen LogP contribution in [0.5, 0.6) is 0 Å². The largest absolute Gasteiger partial charge is 0.309 e. The molecule has 24 aromatic rings. The molecule has 0 aliphatic carbocycles. The molecule has 4 aromatic heterocycles. The zero-order valence-electron chi connectivity index (χ0n) is 64.1. The van der Waals surface area contributed by atoms with Gasteiger partial charge in [0, 0.05) is 65.9 Å². The van der Waals surface area contributed by atoms with E-state index in [4.69, 9.17) is 19.9 Å². The molecule has 6 heteroatoms. The number of nitrogens with zero attached hydrogens (tertiary/aromatic N) is 6. The molecule has 0 unspecified atom stereocenters. The van der Waals surface area contributed by atoms with Crippen molar-refractivity contribution in [2.75, 3.05) is 0 Å². The van der Waals surface area contributed by atoms with Crippen molar-refractivity contribution < 1.29 is 0 Å². The van der Waals surface area contributed by atoms with Gasteiger partial charge in [-0.15, -0.1) is 0 Å². The van der Waals surface area contributed by atoms with Crippen LogP contribution in [0.1, 0.15) is 0 Å². The average Bonchev–Trinajstić information content (AvgIpc) is 1.54. The Morgan fingerprint density at radius 1 is 0.161 bits per heavy atom. The van der Waals surface area contributed by atoms with Crippen LogP contribution in [-0.2, 0) is 0 Å². The normalized spacial score (nSPS) is 11.7. The SMILES string of the molecule is c1ccc(-c2ccc(-c3ccc(-c4nc(-c5cccc6cc(-n7c8ccc9ccccc9c8c8c9ccccc9ccc87)ccc56)nc5ccccc45)cc3)cc2)cc1.c1ccc(-c2cccc(-c3ccc(-c4nc(-c5cccc6cc(-n7c8ccc9ccccc9c8c8c9ccccc9ccc87)ccc56)nc5ccccc45)cc3)c2)cc1. The van der Waals surface area contributed by atoms with E-state index in [0.29, 0.717) is 11.6 Å². The Morgan fingerprint density at radius 2 is 0.441 bits per heavy atom. The van der Waals surface area contributed by atoms with Crippen molar-refractivity contribution in [3.8, 4) is 101 Å². The molecular weight excluding hydrogens is 1430 g/mol. The molecule has 24 rings (SSSR count). The maximum absolute atomic E-state index is 5.34. The second-order valence-electron chi connectivity index (χ2n) is 30.7. The lowest BCUT2D eigenvalue weighted by Gasteiger charge is -2.13. The molecule has 0 amide bonds. The molecule has 118 heavy (non-hydrogen) atoms. The first-order chi connectivity index (χ1) is 58.5. The van der Waals surface area contributed by atoms with Gasteiger partial charge in [0.2, 0.25) is 0 Å². The van der Waals surface area contributed by atoms with Crippen molar-refractivity contribution in [3.05, 3.63) is 425 Å². The number of hydrogen-bond acceptors (Lipinski definition) is 4. The Bertz CT molecular complexity index is 7960. The van der Waals surface area contributed by atoms with Crippen LogP contribution in [0.2, 0.25) is 0 Å². The number of hydrogen-bond donors (Lipinski definition) is 0. The number of fused-ring (bicyclic) bond motifs is 18. The Morgan fingerprint density at radius 3 is 0.814 bits per heavy atom. The lowest BCUT2D eigenvalue weighted by Crippen LogP contribution is -1.97. The average molecular weight is 1500 g/mol. The molecule has 20 aromatic carbocycles. The van der Waals surface area contributed by atoms with Crippen molar-refractivity contribution in [3.63, 3.8) is 0 Å². The van der Waals surface area contributed by atoms with E-state index in [1.165, 1.54) is 131 Å². The van der Waals surface area contributed by atoms with E-state index in [2.05, 4.69) is 434 Å². The molecule has 0 saturated heterocycles. The lowest BCUT2D eigenvalue weighted by atomic mass is 9.97. The fourth-order valence-corrected chi connectivity index (χ4v) is 18.3. The maximum atomic E-state index is 5.34. The molecule has 0 saturated carbocycles. The van der Waals surface area contributed by atoms with Crippen molar-refractivity contribution in [1.29, 1.82) is 0 Å². The topological polar surface area (TPSA) is 61.4 Å². The summed E-state index contributed by atoms with van der Waals surface area (Å²) in [7, 11) is 0. The minimum Gasteiger partial charge on any atom is -0.309 e. The Labute approximate surface area is 680 Å². The first-order valence-electron chi connectivity index (χ1n) is 40.3. The summed E-state index contributed by atoms with van der Waals surface area (Å²) in [4.78, 5) is 21.0. The maximum Gasteiger partial charge on any atom is 0.161 e. The van der Waals surface area contributed by atoms with Crippen LogP contribution < -0.4 is 0 Å². The third kappa shape index (κ3) is 11.6. The number of rotatable bonds is 10. The molecule has 0 atom stereocenters. The van der Waals surface area contributed by atoms with Gasteiger partial charge in [0.1, 0.15) is 0 Å². The van der Waals surface area contributed by atoms with Crippen molar-refractivity contribution >= 4 is 130 Å². The number of benzene rings is 20. The van der Waals surface area contributed by atoms with Crippen LogP contribution in [0, 0.1) is 0 Å². The summed E-state index contributed by atoms with van der Waals surface area (Å²) in [5.74, 6) is 1.43. The van der Waals surface area contributed by atoms with E-state index in [0.717, 1.165) is 88.4 Å². The lowest BCUT2D eigenvalue weighted by molar-refractivity contribution is 1.19. The van der Waals surface area contributed by atoms with E-state index in [9.17, 15) is 0 Å². The fraction of sp³-hybridized carbons (Fsp3) is 0. The summed E-state index contributed by atoms with van der Waals surface area (Å²) in [6.07, 6.45) is 0.